The number of rotatable bonds is 10. The molecule has 8 heteroatoms. The van der Waals surface area contributed by atoms with Crippen molar-refractivity contribution < 1.29 is 23.7 Å². The molecule has 1 unspecified atom stereocenters. The summed E-state index contributed by atoms with van der Waals surface area (Å²) < 4.78 is 29.4. The molecular formula is C40H34O5P2S. The monoisotopic (exact) mass is 688 g/mol. The Morgan fingerprint density at radius 1 is 0.417 bits per heavy atom. The third kappa shape index (κ3) is 6.36. The molecule has 7 rings (SSSR count). The summed E-state index contributed by atoms with van der Waals surface area (Å²) in [5, 5.41) is 7.07. The van der Waals surface area contributed by atoms with Gasteiger partial charge in [0.05, 0.1) is 38.2 Å². The normalized spacial score (nSPS) is 12.4. The van der Waals surface area contributed by atoms with Gasteiger partial charge in [0.2, 0.25) is 0 Å². The SMILES string of the molecule is COc1ccc(P(c2ccc(OC)cc2)c2cccc3c2Oc2c(cccc2P(c2ccc(OC)cc2)c2cccc(OC)c2)S3)cc1. The first kappa shape index (κ1) is 32.1. The van der Waals surface area contributed by atoms with Crippen molar-refractivity contribution in [2.24, 2.45) is 0 Å². The zero-order valence-electron chi connectivity index (χ0n) is 27.0. The van der Waals surface area contributed by atoms with Crippen molar-refractivity contribution in [3.05, 3.63) is 133 Å². The largest absolute Gasteiger partial charge is 0.497 e. The molecule has 6 aromatic carbocycles. The van der Waals surface area contributed by atoms with E-state index in [1.54, 1.807) is 40.2 Å². The molecule has 0 bridgehead atoms. The van der Waals surface area contributed by atoms with Crippen molar-refractivity contribution in [1.82, 2.24) is 0 Å². The third-order valence-corrected chi connectivity index (χ3v) is 14.1. The van der Waals surface area contributed by atoms with Crippen molar-refractivity contribution in [3.63, 3.8) is 0 Å². The molecular weight excluding hydrogens is 654 g/mol. The van der Waals surface area contributed by atoms with Gasteiger partial charge >= 0.3 is 0 Å². The van der Waals surface area contributed by atoms with E-state index in [1.807, 2.05) is 42.5 Å². The molecule has 0 amide bonds. The van der Waals surface area contributed by atoms with Gasteiger partial charge in [-0.1, -0.05) is 84.6 Å². The van der Waals surface area contributed by atoms with E-state index in [4.69, 9.17) is 23.7 Å². The minimum Gasteiger partial charge on any atom is -0.497 e. The Labute approximate surface area is 288 Å². The summed E-state index contributed by atoms with van der Waals surface area (Å²) >= 11 is 1.76. The number of benzene rings is 6. The van der Waals surface area contributed by atoms with Gasteiger partial charge in [-0.05, 0) is 97.7 Å². The van der Waals surface area contributed by atoms with Crippen LogP contribution in [-0.2, 0) is 0 Å². The Morgan fingerprint density at radius 3 is 1.23 bits per heavy atom. The van der Waals surface area contributed by atoms with E-state index in [0.717, 1.165) is 54.9 Å². The molecule has 1 heterocycles. The Balaban J connectivity index is 1.38. The van der Waals surface area contributed by atoms with Crippen LogP contribution in [0.2, 0.25) is 0 Å². The van der Waals surface area contributed by atoms with Crippen molar-refractivity contribution in [3.8, 4) is 34.5 Å². The molecule has 48 heavy (non-hydrogen) atoms. The van der Waals surface area contributed by atoms with Crippen LogP contribution >= 0.6 is 27.6 Å². The van der Waals surface area contributed by atoms with E-state index in [-0.39, 0.29) is 0 Å². The summed E-state index contributed by atoms with van der Waals surface area (Å²) in [5.41, 5.74) is 0. The first-order valence-electron chi connectivity index (χ1n) is 15.4. The molecule has 1 aliphatic heterocycles. The van der Waals surface area contributed by atoms with Gasteiger partial charge < -0.3 is 23.7 Å². The quantitative estimate of drug-likeness (QED) is 0.139. The highest BCUT2D eigenvalue weighted by Gasteiger charge is 2.31. The number of hydrogen-bond donors (Lipinski definition) is 0. The summed E-state index contributed by atoms with van der Waals surface area (Å²) in [6.45, 7) is 0. The highest BCUT2D eigenvalue weighted by molar-refractivity contribution is 7.99. The standard InChI is InChI=1S/C40H34O5P2S/c1-41-27-14-20-31(21-15-27)46(32-22-16-28(42-2)17-23-32)35-10-6-12-37-39(35)45-40-36(11-7-13-38(40)48-37)47(33-24-18-29(43-3)19-25-33)34-9-5-8-30(26-34)44-4/h5-26H,1-4H3. The first-order valence-corrected chi connectivity index (χ1v) is 18.9. The van der Waals surface area contributed by atoms with Crippen LogP contribution in [0.5, 0.6) is 34.5 Å². The van der Waals surface area contributed by atoms with Crippen LogP contribution in [0.25, 0.3) is 0 Å². The number of ether oxygens (including phenoxy) is 5. The maximum Gasteiger partial charge on any atom is 0.149 e. The van der Waals surface area contributed by atoms with Crippen molar-refractivity contribution in [2.45, 2.75) is 9.79 Å². The van der Waals surface area contributed by atoms with Crippen LogP contribution in [0.4, 0.5) is 0 Å². The van der Waals surface area contributed by atoms with Gasteiger partial charge in [0.25, 0.3) is 0 Å². The molecule has 240 valence electrons. The lowest BCUT2D eigenvalue weighted by Gasteiger charge is -2.30. The molecule has 0 aromatic heterocycles. The summed E-state index contributed by atoms with van der Waals surface area (Å²) in [6.07, 6.45) is 0. The van der Waals surface area contributed by atoms with Crippen LogP contribution in [0.3, 0.4) is 0 Å². The highest BCUT2D eigenvalue weighted by atomic mass is 32.2. The Morgan fingerprint density at radius 2 is 0.812 bits per heavy atom. The Bertz CT molecular complexity index is 1980. The van der Waals surface area contributed by atoms with Crippen LogP contribution < -0.4 is 55.5 Å². The van der Waals surface area contributed by atoms with Gasteiger partial charge in [0, 0.05) is 10.6 Å². The molecule has 6 aromatic rings. The molecule has 0 saturated heterocycles. The molecule has 0 fully saturated rings. The topological polar surface area (TPSA) is 46.2 Å². The fraction of sp³-hybridized carbons (Fsp3) is 0.100. The van der Waals surface area contributed by atoms with E-state index in [9.17, 15) is 0 Å². The molecule has 0 saturated carbocycles. The van der Waals surface area contributed by atoms with Gasteiger partial charge in [-0.3, -0.25) is 0 Å². The molecule has 0 aliphatic carbocycles. The molecule has 1 atom stereocenters. The maximum atomic E-state index is 7.19. The molecule has 1 aliphatic rings. The third-order valence-electron chi connectivity index (χ3n) is 8.13. The number of para-hydroxylation sites is 2. The second kappa shape index (κ2) is 14.3. The van der Waals surface area contributed by atoms with Gasteiger partial charge in [0.1, 0.15) is 34.5 Å². The zero-order chi connectivity index (χ0) is 33.0. The second-order valence-electron chi connectivity index (χ2n) is 10.9. The number of methoxy groups -OCH3 is 4. The van der Waals surface area contributed by atoms with E-state index < -0.39 is 15.8 Å². The lowest BCUT2D eigenvalue weighted by molar-refractivity contribution is 0.415. The summed E-state index contributed by atoms with van der Waals surface area (Å²) in [4.78, 5) is 2.20. The number of fused-ring (bicyclic) bond motifs is 2. The average molecular weight is 689 g/mol. The fourth-order valence-electron chi connectivity index (χ4n) is 5.75. The Kier molecular flexibility index (Phi) is 9.59. The average Bonchev–Trinajstić information content (AvgIpc) is 3.15. The van der Waals surface area contributed by atoms with Crippen LogP contribution in [-0.4, -0.2) is 28.4 Å². The minimum absolute atomic E-state index is 0.824. The van der Waals surface area contributed by atoms with E-state index in [2.05, 4.69) is 91.0 Å². The van der Waals surface area contributed by atoms with E-state index in [1.165, 1.54) is 21.2 Å². The second-order valence-corrected chi connectivity index (χ2v) is 16.3. The summed E-state index contributed by atoms with van der Waals surface area (Å²) in [5.74, 6) is 5.10. The molecule has 0 spiro atoms. The predicted molar refractivity (Wildman–Crippen MR) is 201 cm³/mol. The van der Waals surface area contributed by atoms with Gasteiger partial charge in [-0.15, -0.1) is 0 Å². The number of hydrogen-bond acceptors (Lipinski definition) is 6. The first-order chi connectivity index (χ1) is 23.6. The van der Waals surface area contributed by atoms with E-state index >= 15 is 0 Å². The summed E-state index contributed by atoms with van der Waals surface area (Å²) in [7, 11) is 4.80. The zero-order valence-corrected chi connectivity index (χ0v) is 29.7. The van der Waals surface area contributed by atoms with Crippen molar-refractivity contribution >= 4 is 59.4 Å². The highest BCUT2D eigenvalue weighted by Crippen LogP contribution is 2.52. The maximum absolute atomic E-state index is 7.19. The molecule has 0 radical (unpaired) electrons. The minimum atomic E-state index is -1.01. The van der Waals surface area contributed by atoms with Gasteiger partial charge in [-0.25, -0.2) is 0 Å². The van der Waals surface area contributed by atoms with E-state index in [0.29, 0.717) is 0 Å². The smallest absolute Gasteiger partial charge is 0.149 e. The fourth-order valence-corrected chi connectivity index (χ4v) is 11.7. The molecule has 0 N–H and O–H groups in total. The van der Waals surface area contributed by atoms with Crippen LogP contribution in [0, 0.1) is 0 Å². The van der Waals surface area contributed by atoms with Crippen LogP contribution in [0.1, 0.15) is 0 Å². The lowest BCUT2D eigenvalue weighted by atomic mass is 10.3. The summed E-state index contributed by atoms with van der Waals surface area (Å²) in [6, 6.07) is 46.5. The van der Waals surface area contributed by atoms with Crippen LogP contribution in [0.15, 0.2) is 143 Å². The van der Waals surface area contributed by atoms with Crippen molar-refractivity contribution in [1.29, 1.82) is 0 Å². The van der Waals surface area contributed by atoms with Gasteiger partial charge in [0.15, 0.2) is 0 Å². The van der Waals surface area contributed by atoms with Gasteiger partial charge in [-0.2, -0.15) is 0 Å². The predicted octanol–water partition coefficient (Wildman–Crippen LogP) is 7.49. The lowest BCUT2D eigenvalue weighted by Crippen LogP contribution is -2.25. The Hall–Kier alpha value is -4.47. The molecule has 5 nitrogen and oxygen atoms in total. The van der Waals surface area contributed by atoms with Crippen molar-refractivity contribution in [2.75, 3.05) is 28.4 Å².